The number of ether oxygens (including phenoxy) is 3. The van der Waals surface area contributed by atoms with Crippen LogP contribution in [0.3, 0.4) is 0 Å². The van der Waals surface area contributed by atoms with Crippen LogP contribution in [0.5, 0.6) is 11.8 Å². The number of terminal acetylenes is 1. The van der Waals surface area contributed by atoms with Crippen LogP contribution < -0.4 is 9.47 Å². The zero-order valence-electron chi connectivity index (χ0n) is 15.7. The third-order valence-electron chi connectivity index (χ3n) is 4.38. The average molecular weight is 425 g/mol. The van der Waals surface area contributed by atoms with Gasteiger partial charge in [0.15, 0.2) is 6.10 Å². The monoisotopic (exact) mass is 425 g/mol. The Morgan fingerprint density at radius 3 is 2.53 bits per heavy atom. The molecule has 5 atom stereocenters. The minimum atomic E-state index is -4.67. The smallest absolute Gasteiger partial charge is 0.433 e. The highest BCUT2D eigenvalue weighted by atomic mass is 19.4. The van der Waals surface area contributed by atoms with Gasteiger partial charge in [-0.2, -0.15) is 13.2 Å². The van der Waals surface area contributed by atoms with Crippen LogP contribution in [0.25, 0.3) is 0 Å². The van der Waals surface area contributed by atoms with Crippen molar-refractivity contribution in [3.8, 4) is 24.1 Å². The van der Waals surface area contributed by atoms with Crippen molar-refractivity contribution < 1.29 is 37.6 Å². The van der Waals surface area contributed by atoms with Gasteiger partial charge in [0.25, 0.3) is 0 Å². The Kier molecular flexibility index (Phi) is 6.40. The first kappa shape index (κ1) is 21.8. The molecule has 1 aliphatic rings. The molecular formula is C19H18F3N3O5. The topological polar surface area (TPSA) is 107 Å². The van der Waals surface area contributed by atoms with Crippen LogP contribution in [-0.4, -0.2) is 62.5 Å². The largest absolute Gasteiger partial charge is 0.474 e. The van der Waals surface area contributed by atoms with E-state index in [2.05, 4.69) is 21.1 Å². The summed E-state index contributed by atoms with van der Waals surface area (Å²) in [6.45, 7) is 1.34. The molecule has 8 nitrogen and oxygen atoms in total. The van der Waals surface area contributed by atoms with Crippen LogP contribution >= 0.6 is 0 Å². The fourth-order valence-electron chi connectivity index (χ4n) is 2.82. The number of halogens is 3. The molecule has 2 aromatic rings. The van der Waals surface area contributed by atoms with Gasteiger partial charge in [-0.1, -0.05) is 6.07 Å². The lowest BCUT2D eigenvalue weighted by Gasteiger charge is -2.41. The van der Waals surface area contributed by atoms with Gasteiger partial charge in [-0.25, -0.2) is 4.98 Å². The Morgan fingerprint density at radius 1 is 1.13 bits per heavy atom. The number of rotatable bonds is 5. The molecule has 0 unspecified atom stereocenters. The van der Waals surface area contributed by atoms with Crippen molar-refractivity contribution in [3.05, 3.63) is 41.7 Å². The molecule has 30 heavy (non-hydrogen) atoms. The maximum atomic E-state index is 12.9. The Morgan fingerprint density at radius 2 is 1.90 bits per heavy atom. The van der Waals surface area contributed by atoms with E-state index in [1.165, 1.54) is 25.1 Å². The molecule has 2 N–H and O–H groups in total. The highest BCUT2D eigenvalue weighted by Gasteiger charge is 2.45. The van der Waals surface area contributed by atoms with Gasteiger partial charge >= 0.3 is 6.18 Å². The SMILES string of the molecule is C#Cc1ccc(OC[C@H]2O[C@H](C)[C@H](O)[C@H](O)[C@H]2Oc2cccc(C(F)(F)F)n2)nn1. The summed E-state index contributed by atoms with van der Waals surface area (Å²) < 4.78 is 55.3. The molecular weight excluding hydrogens is 407 g/mol. The maximum absolute atomic E-state index is 12.9. The summed E-state index contributed by atoms with van der Waals surface area (Å²) in [5.41, 5.74) is -0.850. The number of alkyl halides is 3. The highest BCUT2D eigenvalue weighted by Crippen LogP contribution is 2.30. The fraction of sp³-hybridized carbons (Fsp3) is 0.421. The number of aliphatic hydroxyl groups excluding tert-OH is 2. The van der Waals surface area contributed by atoms with Crippen molar-refractivity contribution in [2.75, 3.05) is 6.61 Å². The lowest BCUT2D eigenvalue weighted by atomic mass is 9.96. The van der Waals surface area contributed by atoms with Crippen molar-refractivity contribution >= 4 is 0 Å². The van der Waals surface area contributed by atoms with Gasteiger partial charge in [0.05, 0.1) is 6.10 Å². The van der Waals surface area contributed by atoms with E-state index in [1.807, 2.05) is 0 Å². The molecule has 0 radical (unpaired) electrons. The zero-order chi connectivity index (χ0) is 21.9. The molecule has 0 bridgehead atoms. The Hall–Kier alpha value is -2.94. The van der Waals surface area contributed by atoms with Crippen molar-refractivity contribution in [1.82, 2.24) is 15.2 Å². The molecule has 160 valence electrons. The second-order valence-corrected chi connectivity index (χ2v) is 6.51. The van der Waals surface area contributed by atoms with Gasteiger partial charge in [0.1, 0.15) is 36.3 Å². The fourth-order valence-corrected chi connectivity index (χ4v) is 2.82. The molecule has 0 amide bonds. The predicted octanol–water partition coefficient (Wildman–Crippen LogP) is 1.21. The molecule has 0 spiro atoms. The van der Waals surface area contributed by atoms with E-state index in [-0.39, 0.29) is 18.4 Å². The molecule has 2 aromatic heterocycles. The summed E-state index contributed by atoms with van der Waals surface area (Å²) >= 11 is 0. The Balaban J connectivity index is 1.77. The van der Waals surface area contributed by atoms with Gasteiger partial charge in [-0.15, -0.1) is 16.6 Å². The van der Waals surface area contributed by atoms with Crippen molar-refractivity contribution in [3.63, 3.8) is 0 Å². The molecule has 3 heterocycles. The van der Waals surface area contributed by atoms with Crippen LogP contribution in [-0.2, 0) is 10.9 Å². The molecule has 0 aliphatic carbocycles. The zero-order valence-corrected chi connectivity index (χ0v) is 15.7. The van der Waals surface area contributed by atoms with E-state index in [1.54, 1.807) is 0 Å². The van der Waals surface area contributed by atoms with E-state index < -0.39 is 42.4 Å². The van der Waals surface area contributed by atoms with E-state index in [9.17, 15) is 23.4 Å². The van der Waals surface area contributed by atoms with Crippen LogP contribution in [0.1, 0.15) is 18.3 Å². The number of pyridine rings is 1. The summed E-state index contributed by atoms with van der Waals surface area (Å²) in [5.74, 6) is 2.03. The van der Waals surface area contributed by atoms with E-state index in [4.69, 9.17) is 20.6 Å². The Bertz CT molecular complexity index is 904. The molecule has 1 aliphatic heterocycles. The predicted molar refractivity (Wildman–Crippen MR) is 95.5 cm³/mol. The molecule has 1 saturated heterocycles. The first-order chi connectivity index (χ1) is 14.2. The third-order valence-corrected chi connectivity index (χ3v) is 4.38. The lowest BCUT2D eigenvalue weighted by Crippen LogP contribution is -2.60. The van der Waals surface area contributed by atoms with Gasteiger partial charge in [-0.05, 0) is 25.0 Å². The number of hydrogen-bond acceptors (Lipinski definition) is 8. The van der Waals surface area contributed by atoms with Crippen LogP contribution in [0.15, 0.2) is 30.3 Å². The first-order valence-electron chi connectivity index (χ1n) is 8.84. The minimum Gasteiger partial charge on any atom is -0.474 e. The molecule has 0 aromatic carbocycles. The summed E-state index contributed by atoms with van der Waals surface area (Å²) in [6, 6.07) is 6.09. The molecule has 1 fully saturated rings. The summed E-state index contributed by atoms with van der Waals surface area (Å²) in [7, 11) is 0. The molecule has 11 heteroatoms. The van der Waals surface area contributed by atoms with Crippen molar-refractivity contribution in [2.45, 2.75) is 43.6 Å². The quantitative estimate of drug-likeness (QED) is 0.689. The van der Waals surface area contributed by atoms with Crippen molar-refractivity contribution in [1.29, 1.82) is 0 Å². The number of aromatic nitrogens is 3. The summed E-state index contributed by atoms with van der Waals surface area (Å²) in [4.78, 5) is 3.41. The summed E-state index contributed by atoms with van der Waals surface area (Å²) in [5, 5.41) is 28.0. The van der Waals surface area contributed by atoms with E-state index >= 15 is 0 Å². The number of aliphatic hydroxyl groups is 2. The normalized spacial score (nSPS) is 26.6. The molecule has 3 rings (SSSR count). The van der Waals surface area contributed by atoms with Gasteiger partial charge in [0.2, 0.25) is 11.8 Å². The van der Waals surface area contributed by atoms with Gasteiger partial charge in [-0.3, -0.25) is 0 Å². The maximum Gasteiger partial charge on any atom is 0.433 e. The van der Waals surface area contributed by atoms with E-state index in [0.717, 1.165) is 12.1 Å². The number of nitrogens with zero attached hydrogens (tertiary/aromatic N) is 3. The average Bonchev–Trinajstić information content (AvgIpc) is 2.73. The lowest BCUT2D eigenvalue weighted by molar-refractivity contribution is -0.216. The standard InChI is InChI=1S/C19H18F3N3O5/c1-3-11-7-8-15(25-24-11)28-9-12-18(17(27)16(26)10(2)29-12)30-14-6-4-5-13(23-14)19(20,21)22/h1,4-8,10,12,16-18,26-27H,9H2,2H3/t10-,12-,16+,17+,18+/m1/s1. The minimum absolute atomic E-state index is 0.113. The first-order valence-corrected chi connectivity index (χ1v) is 8.84. The van der Waals surface area contributed by atoms with Crippen molar-refractivity contribution in [2.24, 2.45) is 0 Å². The summed E-state index contributed by atoms with van der Waals surface area (Å²) in [6.07, 6.45) is -5.25. The van der Waals surface area contributed by atoms with Crippen LogP contribution in [0.4, 0.5) is 13.2 Å². The third kappa shape index (κ3) is 4.96. The highest BCUT2D eigenvalue weighted by molar-refractivity contribution is 5.24. The second-order valence-electron chi connectivity index (χ2n) is 6.51. The Labute approximate surface area is 169 Å². The number of hydrogen-bond donors (Lipinski definition) is 2. The van der Waals surface area contributed by atoms with Gasteiger partial charge in [0, 0.05) is 12.1 Å². The van der Waals surface area contributed by atoms with Gasteiger partial charge < -0.3 is 24.4 Å². The van der Waals surface area contributed by atoms with E-state index in [0.29, 0.717) is 5.69 Å². The van der Waals surface area contributed by atoms with Crippen LogP contribution in [0, 0.1) is 12.3 Å². The molecule has 0 saturated carbocycles. The van der Waals surface area contributed by atoms with Crippen LogP contribution in [0.2, 0.25) is 0 Å². The second kappa shape index (κ2) is 8.83.